The van der Waals surface area contributed by atoms with Crippen LogP contribution in [0, 0.1) is 0 Å². The van der Waals surface area contributed by atoms with E-state index in [1.807, 2.05) is 97.1 Å². The first-order chi connectivity index (χ1) is 50.1. The molecule has 0 spiro atoms. The van der Waals surface area contributed by atoms with E-state index in [0.29, 0.717) is 13.1 Å². The van der Waals surface area contributed by atoms with Gasteiger partial charge in [0.2, 0.25) is 0 Å². The van der Waals surface area contributed by atoms with E-state index in [-0.39, 0.29) is 0 Å². The number of fused-ring (bicyclic) bond motifs is 6. The molecular weight excluding hydrogens is 1270 g/mol. The van der Waals surface area contributed by atoms with Gasteiger partial charge in [0.15, 0.2) is 0 Å². The number of rotatable bonds is 24. The topological polar surface area (TPSA) is 96.7 Å². The molecule has 0 atom stereocenters. The molecule has 15 rings (SSSR count). The van der Waals surface area contributed by atoms with Crippen LogP contribution in [-0.2, 0) is 13.1 Å². The van der Waals surface area contributed by atoms with Crippen LogP contribution in [0.3, 0.4) is 0 Å². The van der Waals surface area contributed by atoms with Crippen LogP contribution in [0.2, 0.25) is 0 Å². The Morgan fingerprint density at radius 2 is 0.333 bits per heavy atom. The number of nitrogens with zero attached hydrogens (tertiary/aromatic N) is 6. The van der Waals surface area contributed by atoms with Gasteiger partial charge in [-0.2, -0.15) is 0 Å². The molecule has 14 nitrogen and oxygen atoms in total. The summed E-state index contributed by atoms with van der Waals surface area (Å²) in [5, 5.41) is 4.40. The van der Waals surface area contributed by atoms with Crippen molar-refractivity contribution in [2.75, 3.05) is 76.5 Å². The zero-order valence-electron chi connectivity index (χ0n) is 58.1. The zero-order chi connectivity index (χ0) is 69.8. The number of hydrogen-bond donors (Lipinski definition) is 0. The summed E-state index contributed by atoms with van der Waals surface area (Å²) in [5.74, 6) is 6.22. The van der Waals surface area contributed by atoms with E-state index < -0.39 is 0 Å². The van der Waals surface area contributed by atoms with Crippen LogP contribution in [-0.4, -0.2) is 66.0 Å². The van der Waals surface area contributed by atoms with E-state index in [2.05, 4.69) is 223 Å². The number of anilines is 12. The van der Waals surface area contributed by atoms with Crippen molar-refractivity contribution in [1.82, 2.24) is 9.13 Å². The molecular formula is C88H76N6O8. The predicted molar refractivity (Wildman–Crippen MR) is 415 cm³/mol. The fourth-order valence-electron chi connectivity index (χ4n) is 13.8. The Bertz CT molecular complexity index is 4570. The quantitative estimate of drug-likeness (QED) is 0.0576. The number of hydrogen-bond acceptors (Lipinski definition) is 12. The Morgan fingerprint density at radius 1 is 0.186 bits per heavy atom. The first-order valence-corrected chi connectivity index (χ1v) is 33.7. The maximum atomic E-state index is 5.64. The average molecular weight is 1350 g/mol. The van der Waals surface area contributed by atoms with Crippen LogP contribution in [0.1, 0.15) is 11.1 Å². The second-order valence-electron chi connectivity index (χ2n) is 24.7. The van der Waals surface area contributed by atoms with Crippen LogP contribution in [0.25, 0.3) is 43.6 Å². The molecule has 102 heavy (non-hydrogen) atoms. The normalized spacial score (nSPS) is 11.2. The SMILES string of the molecule is COc1ccc(N(c2ccc(OC)cc2)c2ccc3c(c2)c2cc(N(c4ccc(OC)cc4)c4ccc(OC)cc4)ccc2n3Cc2ccc(Cn3c4ccc(N(c5ccc(OC)cc5)c5ccc(OC)cc5)cc4c4cc(N(c5ccc(OC)cc5)c5ccc(OC)cc5)ccc43)cc2)cc1. The maximum Gasteiger partial charge on any atom is 0.119 e. The monoisotopic (exact) mass is 1340 g/mol. The first-order valence-electron chi connectivity index (χ1n) is 33.7. The highest BCUT2D eigenvalue weighted by Crippen LogP contribution is 2.47. The van der Waals surface area contributed by atoms with Gasteiger partial charge < -0.3 is 66.6 Å². The van der Waals surface area contributed by atoms with Gasteiger partial charge in [-0.15, -0.1) is 0 Å². The molecule has 0 aliphatic carbocycles. The Morgan fingerprint density at radius 3 is 0.480 bits per heavy atom. The zero-order valence-corrected chi connectivity index (χ0v) is 58.1. The molecule has 0 bridgehead atoms. The van der Waals surface area contributed by atoms with Gasteiger partial charge in [-0.3, -0.25) is 0 Å². The van der Waals surface area contributed by atoms with Crippen LogP contribution in [0.4, 0.5) is 68.2 Å². The summed E-state index contributed by atoms with van der Waals surface area (Å²) in [5.41, 5.74) is 18.5. The van der Waals surface area contributed by atoms with Gasteiger partial charge in [-0.25, -0.2) is 0 Å². The largest absolute Gasteiger partial charge is 0.497 e. The second kappa shape index (κ2) is 28.5. The fraction of sp³-hybridized carbons (Fsp3) is 0.114. The lowest BCUT2D eigenvalue weighted by atomic mass is 10.1. The lowest BCUT2D eigenvalue weighted by Crippen LogP contribution is -2.10. The summed E-state index contributed by atoms with van der Waals surface area (Å²) in [4.78, 5) is 9.11. The van der Waals surface area contributed by atoms with E-state index >= 15 is 0 Å². The summed E-state index contributed by atoms with van der Waals surface area (Å²) < 4.78 is 50.1. The van der Waals surface area contributed by atoms with E-state index in [1.165, 1.54) is 0 Å². The second-order valence-corrected chi connectivity index (χ2v) is 24.7. The molecule has 0 saturated carbocycles. The minimum absolute atomic E-state index is 0.610. The smallest absolute Gasteiger partial charge is 0.119 e. The lowest BCUT2D eigenvalue weighted by Gasteiger charge is -2.26. The highest BCUT2D eigenvalue weighted by atomic mass is 16.5. The van der Waals surface area contributed by atoms with Crippen molar-refractivity contribution in [1.29, 1.82) is 0 Å². The van der Waals surface area contributed by atoms with Crippen molar-refractivity contribution in [3.05, 3.63) is 302 Å². The number of benzene rings is 13. The molecule has 0 fully saturated rings. The Hall–Kier alpha value is -12.9. The van der Waals surface area contributed by atoms with Crippen molar-refractivity contribution in [3.63, 3.8) is 0 Å². The van der Waals surface area contributed by atoms with E-state index in [9.17, 15) is 0 Å². The summed E-state index contributed by atoms with van der Waals surface area (Å²) in [6.45, 7) is 1.22. The van der Waals surface area contributed by atoms with E-state index in [1.54, 1.807) is 56.9 Å². The minimum atomic E-state index is 0.610. The van der Waals surface area contributed by atoms with E-state index in [0.717, 1.165) is 169 Å². The van der Waals surface area contributed by atoms with Gasteiger partial charge in [-0.1, -0.05) is 24.3 Å². The van der Waals surface area contributed by atoms with Crippen LogP contribution in [0.15, 0.2) is 291 Å². The van der Waals surface area contributed by atoms with Crippen molar-refractivity contribution < 1.29 is 37.9 Å². The number of ether oxygens (including phenoxy) is 8. The standard InChI is InChI=1S/C88H76N6O8/c1-95-73-33-13-61(14-34-73)91(62-15-35-74(96-2)36-16-62)69-29-49-85-81(53-69)82-54-70(92(63-17-37-75(97-3)38-18-63)64-19-39-76(98-4)40-20-64)30-50-86(82)89(85)57-59-9-11-60(12-10-59)58-90-87-51-31-71(93(65-21-41-77(99-5)42-22-65)66-23-43-78(100-6)44-24-66)55-83(87)84-56-72(32-52-88(84)90)94(67-25-45-79(101-7)46-26-67)68-27-47-80(102-8)48-28-68/h9-56H,57-58H2,1-8H3. The third-order valence-electron chi connectivity index (χ3n) is 19.0. The third kappa shape index (κ3) is 12.7. The summed E-state index contributed by atoms with van der Waals surface area (Å²) in [6, 6.07) is 102. The molecule has 0 aliphatic rings. The highest BCUT2D eigenvalue weighted by Gasteiger charge is 2.24. The van der Waals surface area contributed by atoms with Crippen molar-refractivity contribution in [3.8, 4) is 46.0 Å². The van der Waals surface area contributed by atoms with Crippen LogP contribution < -0.4 is 57.5 Å². The summed E-state index contributed by atoms with van der Waals surface area (Å²) in [6.07, 6.45) is 0. The molecule has 0 unspecified atom stereocenters. The summed E-state index contributed by atoms with van der Waals surface area (Å²) >= 11 is 0. The molecule has 2 aromatic heterocycles. The Balaban J connectivity index is 0.848. The van der Waals surface area contributed by atoms with Gasteiger partial charge in [0, 0.05) is 125 Å². The summed E-state index contributed by atoms with van der Waals surface area (Å²) in [7, 11) is 13.5. The predicted octanol–water partition coefficient (Wildman–Crippen LogP) is 21.9. The van der Waals surface area contributed by atoms with E-state index in [4.69, 9.17) is 37.9 Å². The van der Waals surface area contributed by atoms with Crippen LogP contribution >= 0.6 is 0 Å². The molecule has 506 valence electrons. The van der Waals surface area contributed by atoms with Crippen LogP contribution in [0.5, 0.6) is 46.0 Å². The molecule has 0 N–H and O–H groups in total. The Labute approximate surface area is 593 Å². The van der Waals surface area contributed by atoms with Gasteiger partial charge in [0.05, 0.1) is 56.9 Å². The molecule has 0 aliphatic heterocycles. The van der Waals surface area contributed by atoms with Crippen molar-refractivity contribution >= 4 is 112 Å². The van der Waals surface area contributed by atoms with Gasteiger partial charge in [0.1, 0.15) is 46.0 Å². The van der Waals surface area contributed by atoms with Gasteiger partial charge in [0.25, 0.3) is 0 Å². The maximum absolute atomic E-state index is 5.64. The van der Waals surface area contributed by atoms with Gasteiger partial charge in [-0.05, 0) is 278 Å². The molecule has 15 aromatic rings. The first kappa shape index (κ1) is 65.0. The third-order valence-corrected chi connectivity index (χ3v) is 19.0. The number of aromatic nitrogens is 2. The average Bonchev–Trinajstić information content (AvgIpc) is 1.57. The molecule has 14 heteroatoms. The molecule has 0 radical (unpaired) electrons. The van der Waals surface area contributed by atoms with Crippen molar-refractivity contribution in [2.24, 2.45) is 0 Å². The molecule has 0 saturated heterocycles. The molecule has 0 amide bonds. The molecule has 13 aromatic carbocycles. The lowest BCUT2D eigenvalue weighted by molar-refractivity contribution is 0.414. The minimum Gasteiger partial charge on any atom is -0.497 e. The van der Waals surface area contributed by atoms with Gasteiger partial charge >= 0.3 is 0 Å². The Kier molecular flexibility index (Phi) is 18.2. The number of methoxy groups -OCH3 is 8. The fourth-order valence-corrected chi connectivity index (χ4v) is 13.8. The van der Waals surface area contributed by atoms with Crippen molar-refractivity contribution in [2.45, 2.75) is 13.1 Å². The highest BCUT2D eigenvalue weighted by molar-refractivity contribution is 6.12. The molecule has 2 heterocycles.